The molecule has 0 heterocycles. The van der Waals surface area contributed by atoms with Crippen LogP contribution in [0.15, 0.2) is 48.5 Å². The van der Waals surface area contributed by atoms with E-state index < -0.39 is 0 Å². The number of fused-ring (bicyclic) bond motifs is 4. The van der Waals surface area contributed by atoms with E-state index in [2.05, 4.69) is 62.4 Å². The fraction of sp³-hybridized carbons (Fsp3) is 0.368. The zero-order valence-electron chi connectivity index (χ0n) is 11.7. The van der Waals surface area contributed by atoms with Crippen molar-refractivity contribution in [3.8, 4) is 0 Å². The van der Waals surface area contributed by atoms with Crippen molar-refractivity contribution in [2.45, 2.75) is 43.9 Å². The van der Waals surface area contributed by atoms with Gasteiger partial charge in [0.25, 0.3) is 0 Å². The van der Waals surface area contributed by atoms with Gasteiger partial charge in [0.2, 0.25) is 0 Å². The first-order valence-electron chi connectivity index (χ1n) is 7.32. The summed E-state index contributed by atoms with van der Waals surface area (Å²) < 4.78 is 0. The highest BCUT2D eigenvalue weighted by Crippen LogP contribution is 2.58. The van der Waals surface area contributed by atoms with Crippen molar-refractivity contribution in [1.82, 2.24) is 0 Å². The molecule has 0 aromatic heterocycles. The van der Waals surface area contributed by atoms with Gasteiger partial charge >= 0.3 is 0 Å². The van der Waals surface area contributed by atoms with E-state index in [0.29, 0.717) is 5.41 Å². The summed E-state index contributed by atoms with van der Waals surface area (Å²) in [6.45, 7) is 4.81. The van der Waals surface area contributed by atoms with Gasteiger partial charge in [-0.1, -0.05) is 62.4 Å². The van der Waals surface area contributed by atoms with Crippen LogP contribution >= 0.6 is 0 Å². The quantitative estimate of drug-likeness (QED) is 0.639. The SMILES string of the molecule is CC1(C)CC2(CCc3ccccc32)c2ccccc21. The lowest BCUT2D eigenvalue weighted by Gasteiger charge is -2.28. The molecule has 2 aromatic carbocycles. The Morgan fingerprint density at radius 2 is 1.42 bits per heavy atom. The molecule has 0 amide bonds. The van der Waals surface area contributed by atoms with Gasteiger partial charge in [0, 0.05) is 5.41 Å². The van der Waals surface area contributed by atoms with Crippen LogP contribution in [-0.4, -0.2) is 0 Å². The second-order valence-corrected chi connectivity index (χ2v) is 6.85. The maximum Gasteiger partial charge on any atom is 0.0220 e. The molecule has 0 saturated heterocycles. The molecule has 2 aromatic rings. The fourth-order valence-electron chi connectivity index (χ4n) is 4.59. The van der Waals surface area contributed by atoms with Crippen LogP contribution in [0.25, 0.3) is 0 Å². The summed E-state index contributed by atoms with van der Waals surface area (Å²) in [7, 11) is 0. The van der Waals surface area contributed by atoms with E-state index in [-0.39, 0.29) is 5.41 Å². The smallest absolute Gasteiger partial charge is 0.0220 e. The third-order valence-corrected chi connectivity index (χ3v) is 5.27. The van der Waals surface area contributed by atoms with Crippen LogP contribution in [0.2, 0.25) is 0 Å². The van der Waals surface area contributed by atoms with E-state index in [4.69, 9.17) is 0 Å². The van der Waals surface area contributed by atoms with Crippen molar-refractivity contribution in [3.63, 3.8) is 0 Å². The molecule has 0 saturated carbocycles. The lowest BCUT2D eigenvalue weighted by atomic mass is 9.74. The number of hydrogen-bond donors (Lipinski definition) is 0. The minimum atomic E-state index is 0.288. The number of hydrogen-bond acceptors (Lipinski definition) is 0. The summed E-state index contributed by atoms with van der Waals surface area (Å²) in [6.07, 6.45) is 3.78. The highest BCUT2D eigenvalue weighted by molar-refractivity contribution is 5.56. The normalized spacial score (nSPS) is 26.4. The Labute approximate surface area is 115 Å². The molecule has 0 nitrogen and oxygen atoms in total. The van der Waals surface area contributed by atoms with Crippen molar-refractivity contribution in [1.29, 1.82) is 0 Å². The molecule has 96 valence electrons. The minimum absolute atomic E-state index is 0.288. The fourth-order valence-corrected chi connectivity index (χ4v) is 4.59. The molecule has 1 atom stereocenters. The van der Waals surface area contributed by atoms with Crippen molar-refractivity contribution >= 4 is 0 Å². The Bertz CT molecular complexity index is 651. The molecular formula is C19H20. The Balaban J connectivity index is 2.01. The van der Waals surface area contributed by atoms with Gasteiger partial charge in [0.1, 0.15) is 0 Å². The van der Waals surface area contributed by atoms with Gasteiger partial charge in [0.15, 0.2) is 0 Å². The molecule has 1 spiro atoms. The van der Waals surface area contributed by atoms with E-state index in [0.717, 1.165) is 0 Å². The van der Waals surface area contributed by atoms with Gasteiger partial charge in [-0.15, -0.1) is 0 Å². The molecule has 2 aliphatic rings. The summed E-state index contributed by atoms with van der Waals surface area (Å²) in [6, 6.07) is 18.2. The average molecular weight is 248 g/mol. The van der Waals surface area contributed by atoms with E-state index in [1.54, 1.807) is 22.3 Å². The maximum atomic E-state index is 2.40. The zero-order chi connectivity index (χ0) is 13.1. The molecule has 1 unspecified atom stereocenters. The molecule has 0 bridgehead atoms. The summed E-state index contributed by atoms with van der Waals surface area (Å²) in [5.74, 6) is 0. The average Bonchev–Trinajstić information content (AvgIpc) is 2.89. The van der Waals surface area contributed by atoms with Gasteiger partial charge < -0.3 is 0 Å². The lowest BCUT2D eigenvalue weighted by Crippen LogP contribution is -2.24. The molecule has 0 aliphatic heterocycles. The molecule has 19 heavy (non-hydrogen) atoms. The molecule has 0 fully saturated rings. The van der Waals surface area contributed by atoms with Gasteiger partial charge in [-0.25, -0.2) is 0 Å². The van der Waals surface area contributed by atoms with Crippen LogP contribution in [0.1, 0.15) is 48.9 Å². The molecule has 4 rings (SSSR count). The molecule has 0 heteroatoms. The van der Waals surface area contributed by atoms with Gasteiger partial charge in [-0.2, -0.15) is 0 Å². The number of aryl methyl sites for hydroxylation is 1. The van der Waals surface area contributed by atoms with E-state index in [1.807, 2.05) is 0 Å². The second-order valence-electron chi connectivity index (χ2n) is 6.85. The van der Waals surface area contributed by atoms with E-state index in [1.165, 1.54) is 19.3 Å². The van der Waals surface area contributed by atoms with Crippen molar-refractivity contribution in [2.24, 2.45) is 0 Å². The predicted molar refractivity (Wildman–Crippen MR) is 79.6 cm³/mol. The molecule has 0 radical (unpaired) electrons. The van der Waals surface area contributed by atoms with Gasteiger partial charge in [-0.05, 0) is 46.9 Å². The standard InChI is InChI=1S/C19H20/c1-18(2)13-19(17-10-6-5-9-16(17)18)12-11-14-7-3-4-8-15(14)19/h3-10H,11-13H2,1-2H3. The molecular weight excluding hydrogens is 228 g/mol. The minimum Gasteiger partial charge on any atom is -0.0620 e. The summed E-state index contributed by atoms with van der Waals surface area (Å²) >= 11 is 0. The summed E-state index contributed by atoms with van der Waals surface area (Å²) in [4.78, 5) is 0. The van der Waals surface area contributed by atoms with Crippen LogP contribution < -0.4 is 0 Å². The largest absolute Gasteiger partial charge is 0.0620 e. The van der Waals surface area contributed by atoms with Crippen LogP contribution in [0.3, 0.4) is 0 Å². The van der Waals surface area contributed by atoms with E-state index in [9.17, 15) is 0 Å². The van der Waals surface area contributed by atoms with Crippen molar-refractivity contribution < 1.29 is 0 Å². The van der Waals surface area contributed by atoms with Crippen molar-refractivity contribution in [3.05, 3.63) is 70.8 Å². The Hall–Kier alpha value is -1.56. The van der Waals surface area contributed by atoms with Gasteiger partial charge in [-0.3, -0.25) is 0 Å². The lowest BCUT2D eigenvalue weighted by molar-refractivity contribution is 0.399. The molecule has 0 N–H and O–H groups in total. The Morgan fingerprint density at radius 1 is 0.789 bits per heavy atom. The van der Waals surface area contributed by atoms with Crippen LogP contribution in [0.5, 0.6) is 0 Å². The first kappa shape index (κ1) is 11.3. The van der Waals surface area contributed by atoms with Crippen LogP contribution in [0, 0.1) is 0 Å². The maximum absolute atomic E-state index is 2.40. The first-order chi connectivity index (χ1) is 9.13. The Kier molecular flexibility index (Phi) is 2.08. The number of benzene rings is 2. The number of rotatable bonds is 0. The Morgan fingerprint density at radius 3 is 2.21 bits per heavy atom. The second kappa shape index (κ2) is 3.50. The van der Waals surface area contributed by atoms with Gasteiger partial charge in [0.05, 0.1) is 0 Å². The van der Waals surface area contributed by atoms with E-state index >= 15 is 0 Å². The van der Waals surface area contributed by atoms with Crippen molar-refractivity contribution in [2.75, 3.05) is 0 Å². The van der Waals surface area contributed by atoms with Crippen LogP contribution in [-0.2, 0) is 17.3 Å². The first-order valence-corrected chi connectivity index (χ1v) is 7.32. The monoisotopic (exact) mass is 248 g/mol. The highest BCUT2D eigenvalue weighted by atomic mass is 14.5. The van der Waals surface area contributed by atoms with Crippen LogP contribution in [0.4, 0.5) is 0 Å². The third kappa shape index (κ3) is 1.35. The highest BCUT2D eigenvalue weighted by Gasteiger charge is 2.50. The summed E-state index contributed by atoms with van der Waals surface area (Å²) in [5.41, 5.74) is 6.89. The third-order valence-electron chi connectivity index (χ3n) is 5.27. The topological polar surface area (TPSA) is 0 Å². The summed E-state index contributed by atoms with van der Waals surface area (Å²) in [5, 5.41) is 0. The molecule has 2 aliphatic carbocycles. The zero-order valence-corrected chi connectivity index (χ0v) is 11.7. The predicted octanol–water partition coefficient (Wildman–Crippen LogP) is 4.60.